The number of hydrogen-bond acceptors (Lipinski definition) is 3. The molecule has 0 aromatic heterocycles. The van der Waals surface area contributed by atoms with Gasteiger partial charge in [-0.25, -0.2) is 0 Å². The maximum atomic E-state index is 12.6. The first-order valence-corrected chi connectivity index (χ1v) is 8.96. The van der Waals surface area contributed by atoms with Crippen LogP contribution in [0.1, 0.15) is 51.4 Å². The van der Waals surface area contributed by atoms with Gasteiger partial charge in [-0.15, -0.1) is 0 Å². The van der Waals surface area contributed by atoms with Crippen LogP contribution in [-0.4, -0.2) is 53.8 Å². The van der Waals surface area contributed by atoms with E-state index in [-0.39, 0.29) is 17.7 Å². The number of amides is 2. The lowest BCUT2D eigenvalue weighted by Gasteiger charge is -2.44. The minimum Gasteiger partial charge on any atom is -0.369 e. The van der Waals surface area contributed by atoms with Gasteiger partial charge in [0.2, 0.25) is 11.8 Å². The predicted octanol–water partition coefficient (Wildman–Crippen LogP) is 1.36. The van der Waals surface area contributed by atoms with Gasteiger partial charge in [0.15, 0.2) is 0 Å². The highest BCUT2D eigenvalue weighted by atomic mass is 16.2. The molecule has 124 valence electrons. The van der Waals surface area contributed by atoms with Crippen molar-refractivity contribution >= 4 is 11.8 Å². The van der Waals surface area contributed by atoms with Gasteiger partial charge >= 0.3 is 0 Å². The molecule has 2 amide bonds. The third kappa shape index (κ3) is 3.45. The van der Waals surface area contributed by atoms with E-state index in [4.69, 9.17) is 5.73 Å². The number of carbonyl (C=O) groups excluding carboxylic acids is 2. The molecule has 0 aromatic carbocycles. The predicted molar refractivity (Wildman–Crippen MR) is 85.1 cm³/mol. The molecule has 22 heavy (non-hydrogen) atoms. The van der Waals surface area contributed by atoms with Crippen molar-refractivity contribution < 1.29 is 9.59 Å². The van der Waals surface area contributed by atoms with Crippen LogP contribution in [0.25, 0.3) is 0 Å². The van der Waals surface area contributed by atoms with Gasteiger partial charge < -0.3 is 10.6 Å². The highest BCUT2D eigenvalue weighted by molar-refractivity contribution is 5.81. The van der Waals surface area contributed by atoms with Crippen LogP contribution in [0.3, 0.4) is 0 Å². The molecule has 2 saturated heterocycles. The normalized spacial score (nSPS) is 33.3. The minimum atomic E-state index is -0.261. The summed E-state index contributed by atoms with van der Waals surface area (Å²) >= 11 is 0. The van der Waals surface area contributed by atoms with Gasteiger partial charge in [0.05, 0.1) is 12.5 Å². The van der Waals surface area contributed by atoms with Gasteiger partial charge in [-0.2, -0.15) is 0 Å². The molecule has 3 unspecified atom stereocenters. The zero-order valence-corrected chi connectivity index (χ0v) is 13.5. The smallest absolute Gasteiger partial charge is 0.236 e. The molecular formula is C17H29N3O2. The molecule has 0 aromatic rings. The lowest BCUT2D eigenvalue weighted by atomic mass is 9.78. The largest absolute Gasteiger partial charge is 0.369 e. The maximum absolute atomic E-state index is 12.6. The number of fused-ring (bicyclic) bond motifs is 1. The summed E-state index contributed by atoms with van der Waals surface area (Å²) in [5.41, 5.74) is 5.41. The Kier molecular flexibility index (Phi) is 5.01. The van der Waals surface area contributed by atoms with E-state index >= 15 is 0 Å². The number of primary amides is 1. The molecule has 0 radical (unpaired) electrons. The second kappa shape index (κ2) is 6.99. The fourth-order valence-electron chi connectivity index (χ4n) is 4.63. The lowest BCUT2D eigenvalue weighted by molar-refractivity contribution is -0.137. The van der Waals surface area contributed by atoms with Crippen LogP contribution in [0.15, 0.2) is 0 Å². The highest BCUT2D eigenvalue weighted by Gasteiger charge is 2.35. The molecular weight excluding hydrogens is 278 g/mol. The average molecular weight is 307 g/mol. The molecule has 2 heterocycles. The molecule has 3 fully saturated rings. The first-order valence-electron chi connectivity index (χ1n) is 8.96. The number of piperidine rings is 2. The number of hydrogen-bond donors (Lipinski definition) is 1. The van der Waals surface area contributed by atoms with Crippen molar-refractivity contribution in [3.63, 3.8) is 0 Å². The molecule has 3 aliphatic rings. The average Bonchev–Trinajstić information content (AvgIpc) is 2.55. The highest BCUT2D eigenvalue weighted by Crippen LogP contribution is 2.35. The molecule has 3 atom stereocenters. The summed E-state index contributed by atoms with van der Waals surface area (Å²) in [6.45, 7) is 2.90. The second-order valence-electron chi connectivity index (χ2n) is 7.31. The van der Waals surface area contributed by atoms with Crippen LogP contribution in [0.4, 0.5) is 0 Å². The van der Waals surface area contributed by atoms with E-state index in [9.17, 15) is 9.59 Å². The Labute approximate surface area is 133 Å². The quantitative estimate of drug-likeness (QED) is 0.856. The monoisotopic (exact) mass is 307 g/mol. The number of likely N-dealkylation sites (tertiary alicyclic amines) is 2. The van der Waals surface area contributed by atoms with Gasteiger partial charge in [0, 0.05) is 19.1 Å². The second-order valence-corrected chi connectivity index (χ2v) is 7.31. The first-order chi connectivity index (χ1) is 10.6. The summed E-state index contributed by atoms with van der Waals surface area (Å²) in [5, 5.41) is 0. The molecule has 0 bridgehead atoms. The summed E-state index contributed by atoms with van der Waals surface area (Å²) in [4.78, 5) is 28.3. The van der Waals surface area contributed by atoms with Gasteiger partial charge in [-0.05, 0) is 51.0 Å². The van der Waals surface area contributed by atoms with Crippen LogP contribution < -0.4 is 5.73 Å². The SMILES string of the molecule is NC(=O)C1CCCN(C(=O)CN2CCCC3CCCCC32)C1. The Bertz CT molecular complexity index is 424. The van der Waals surface area contributed by atoms with Crippen LogP contribution >= 0.6 is 0 Å². The maximum Gasteiger partial charge on any atom is 0.236 e. The summed E-state index contributed by atoms with van der Waals surface area (Å²) < 4.78 is 0. The lowest BCUT2D eigenvalue weighted by Crippen LogP contribution is -2.53. The molecule has 0 spiro atoms. The van der Waals surface area contributed by atoms with E-state index < -0.39 is 0 Å². The van der Waals surface area contributed by atoms with E-state index in [1.165, 1.54) is 38.5 Å². The van der Waals surface area contributed by atoms with Gasteiger partial charge in [0.1, 0.15) is 0 Å². The van der Waals surface area contributed by atoms with E-state index in [1.54, 1.807) is 0 Å². The summed E-state index contributed by atoms with van der Waals surface area (Å²) in [5.74, 6) is 0.580. The first kappa shape index (κ1) is 15.8. The summed E-state index contributed by atoms with van der Waals surface area (Å²) in [7, 11) is 0. The van der Waals surface area contributed by atoms with Crippen LogP contribution in [0, 0.1) is 11.8 Å². The molecule has 1 aliphatic carbocycles. The molecule has 5 nitrogen and oxygen atoms in total. The number of rotatable bonds is 3. The molecule has 2 aliphatic heterocycles. The third-order valence-electron chi connectivity index (χ3n) is 5.87. The van der Waals surface area contributed by atoms with Crippen molar-refractivity contribution in [1.82, 2.24) is 9.80 Å². The fraction of sp³-hybridized carbons (Fsp3) is 0.882. The van der Waals surface area contributed by atoms with Crippen molar-refractivity contribution in [2.24, 2.45) is 17.6 Å². The van der Waals surface area contributed by atoms with Crippen molar-refractivity contribution in [3.8, 4) is 0 Å². The van der Waals surface area contributed by atoms with Crippen molar-refractivity contribution in [2.75, 3.05) is 26.2 Å². The van der Waals surface area contributed by atoms with E-state index in [0.29, 0.717) is 19.1 Å². The van der Waals surface area contributed by atoms with Gasteiger partial charge in [0.25, 0.3) is 0 Å². The van der Waals surface area contributed by atoms with Crippen LogP contribution in [0.5, 0.6) is 0 Å². The summed E-state index contributed by atoms with van der Waals surface area (Å²) in [6, 6.07) is 0.614. The topological polar surface area (TPSA) is 66.6 Å². The Morgan fingerprint density at radius 3 is 2.50 bits per heavy atom. The Morgan fingerprint density at radius 2 is 1.68 bits per heavy atom. The van der Waals surface area contributed by atoms with E-state index in [1.807, 2.05) is 4.90 Å². The molecule has 5 heteroatoms. The van der Waals surface area contributed by atoms with E-state index in [0.717, 1.165) is 31.8 Å². The van der Waals surface area contributed by atoms with Crippen LogP contribution in [-0.2, 0) is 9.59 Å². The van der Waals surface area contributed by atoms with Gasteiger partial charge in [-0.1, -0.05) is 12.8 Å². The minimum absolute atomic E-state index is 0.151. The number of carbonyl (C=O) groups is 2. The Hall–Kier alpha value is -1.10. The Balaban J connectivity index is 1.57. The van der Waals surface area contributed by atoms with Crippen molar-refractivity contribution in [2.45, 2.75) is 57.4 Å². The van der Waals surface area contributed by atoms with E-state index in [2.05, 4.69) is 4.90 Å². The summed E-state index contributed by atoms with van der Waals surface area (Å²) in [6.07, 6.45) is 9.53. The molecule has 1 saturated carbocycles. The zero-order valence-electron chi connectivity index (χ0n) is 13.5. The zero-order chi connectivity index (χ0) is 15.5. The fourth-order valence-corrected chi connectivity index (χ4v) is 4.63. The van der Waals surface area contributed by atoms with Crippen LogP contribution in [0.2, 0.25) is 0 Å². The third-order valence-corrected chi connectivity index (χ3v) is 5.87. The number of nitrogens with zero attached hydrogens (tertiary/aromatic N) is 2. The molecule has 3 rings (SSSR count). The Morgan fingerprint density at radius 1 is 0.955 bits per heavy atom. The standard InChI is InChI=1S/C17H29N3O2/c18-17(22)14-7-4-10-20(11-14)16(21)12-19-9-3-6-13-5-1-2-8-15(13)19/h13-15H,1-12H2,(H2,18,22). The van der Waals surface area contributed by atoms with Crippen molar-refractivity contribution in [1.29, 1.82) is 0 Å². The van der Waals surface area contributed by atoms with Gasteiger partial charge in [-0.3, -0.25) is 14.5 Å². The molecule has 2 N–H and O–H groups in total. The van der Waals surface area contributed by atoms with Crippen molar-refractivity contribution in [3.05, 3.63) is 0 Å². The number of nitrogens with two attached hydrogens (primary N) is 1.